The number of rotatable bonds is 8. The molecule has 0 saturated carbocycles. The molecule has 0 spiro atoms. The average Bonchev–Trinajstić information content (AvgIpc) is 2.65. The van der Waals surface area contributed by atoms with Gasteiger partial charge in [-0.2, -0.15) is 5.10 Å². The fraction of sp³-hybridized carbons (Fsp3) is 0.579. The lowest BCUT2D eigenvalue weighted by atomic mass is 10.1. The molecule has 0 unspecified atom stereocenters. The molecule has 0 atom stereocenters. The molecule has 0 aliphatic carbocycles. The summed E-state index contributed by atoms with van der Waals surface area (Å²) < 4.78 is 11.1. The molecule has 0 radical (unpaired) electrons. The van der Waals surface area contributed by atoms with Gasteiger partial charge in [-0.3, -0.25) is 5.43 Å². The van der Waals surface area contributed by atoms with E-state index in [2.05, 4.69) is 29.7 Å². The molecule has 0 bridgehead atoms. The van der Waals surface area contributed by atoms with Crippen molar-refractivity contribution in [3.8, 4) is 5.75 Å². The van der Waals surface area contributed by atoms with Gasteiger partial charge in [0.1, 0.15) is 18.8 Å². The van der Waals surface area contributed by atoms with Gasteiger partial charge in [0.2, 0.25) is 0 Å². The minimum absolute atomic E-state index is 0.514. The van der Waals surface area contributed by atoms with Gasteiger partial charge in [-0.25, -0.2) is 0 Å². The predicted molar refractivity (Wildman–Crippen MR) is 109 cm³/mol. The van der Waals surface area contributed by atoms with Crippen LogP contribution in [0.25, 0.3) is 0 Å². The molecule has 144 valence electrons. The second kappa shape index (κ2) is 11.1. The van der Waals surface area contributed by atoms with Crippen LogP contribution in [0.1, 0.15) is 26.3 Å². The Morgan fingerprint density at radius 1 is 1.27 bits per heavy atom. The van der Waals surface area contributed by atoms with Crippen LogP contribution in [0.3, 0.4) is 0 Å². The van der Waals surface area contributed by atoms with Gasteiger partial charge in [0.05, 0.1) is 38.6 Å². The number of nitrogens with one attached hydrogen (secondary N) is 3. The number of ether oxygens (including phenoxy) is 2. The van der Waals surface area contributed by atoms with E-state index in [1.807, 2.05) is 31.2 Å². The summed E-state index contributed by atoms with van der Waals surface area (Å²) in [6, 6.07) is 7.96. The van der Waals surface area contributed by atoms with Gasteiger partial charge in [-0.05, 0) is 54.9 Å². The minimum atomic E-state index is 0.514. The Labute approximate surface area is 161 Å². The number of hydrogen-bond donors (Lipinski definition) is 3. The average molecular weight is 380 g/mol. The Morgan fingerprint density at radius 3 is 2.62 bits per heavy atom. The van der Waals surface area contributed by atoms with Gasteiger partial charge in [0.25, 0.3) is 0 Å². The Hall–Kier alpha value is -1.70. The van der Waals surface area contributed by atoms with Crippen LogP contribution in [-0.2, 0) is 4.74 Å². The number of hydrogen-bond acceptors (Lipinski definition) is 4. The molecular formula is C19H31N4O2S+. The molecule has 0 aromatic heterocycles. The fourth-order valence-corrected chi connectivity index (χ4v) is 2.70. The molecule has 1 aliphatic rings. The first kappa shape index (κ1) is 20.6. The zero-order chi connectivity index (χ0) is 18.8. The highest BCUT2D eigenvalue weighted by Crippen LogP contribution is 2.13. The zero-order valence-electron chi connectivity index (χ0n) is 16.0. The Kier molecular flexibility index (Phi) is 8.80. The van der Waals surface area contributed by atoms with Gasteiger partial charge in [0, 0.05) is 0 Å². The van der Waals surface area contributed by atoms with Crippen LogP contribution in [0.15, 0.2) is 29.4 Å². The number of benzene rings is 1. The van der Waals surface area contributed by atoms with E-state index in [0.29, 0.717) is 11.0 Å². The van der Waals surface area contributed by atoms with Crippen LogP contribution in [-0.4, -0.2) is 56.8 Å². The molecule has 1 fully saturated rings. The topological polar surface area (TPSA) is 59.3 Å². The van der Waals surface area contributed by atoms with E-state index < -0.39 is 0 Å². The van der Waals surface area contributed by atoms with Crippen molar-refractivity contribution in [2.45, 2.75) is 20.8 Å². The van der Waals surface area contributed by atoms with Crippen LogP contribution < -0.4 is 20.4 Å². The third-order valence-corrected chi connectivity index (χ3v) is 4.38. The third-order valence-electron chi connectivity index (χ3n) is 4.14. The first-order chi connectivity index (χ1) is 12.5. The normalized spacial score (nSPS) is 15.8. The molecule has 1 aromatic rings. The van der Waals surface area contributed by atoms with Crippen LogP contribution >= 0.6 is 12.2 Å². The van der Waals surface area contributed by atoms with Crippen LogP contribution in [0, 0.1) is 5.92 Å². The quantitative estimate of drug-likeness (QED) is 0.355. The summed E-state index contributed by atoms with van der Waals surface area (Å²) in [6.45, 7) is 12.6. The van der Waals surface area contributed by atoms with Gasteiger partial charge < -0.3 is 19.7 Å². The van der Waals surface area contributed by atoms with E-state index in [4.69, 9.17) is 21.7 Å². The molecule has 6 nitrogen and oxygen atoms in total. The van der Waals surface area contributed by atoms with Crippen molar-refractivity contribution in [3.63, 3.8) is 0 Å². The fourth-order valence-electron chi connectivity index (χ4n) is 2.56. The Bertz CT molecular complexity index is 584. The third kappa shape index (κ3) is 7.68. The summed E-state index contributed by atoms with van der Waals surface area (Å²) >= 11 is 5.29. The molecule has 2 rings (SSSR count). The molecule has 26 heavy (non-hydrogen) atoms. The minimum Gasteiger partial charge on any atom is -0.493 e. The second-order valence-electron chi connectivity index (χ2n) is 6.91. The van der Waals surface area contributed by atoms with Crippen molar-refractivity contribution in [2.75, 3.05) is 46.0 Å². The molecule has 1 aromatic carbocycles. The summed E-state index contributed by atoms with van der Waals surface area (Å²) in [6.07, 6.45) is 0. The monoisotopic (exact) mass is 379 g/mol. The summed E-state index contributed by atoms with van der Waals surface area (Å²) in [7, 11) is 0. The van der Waals surface area contributed by atoms with Crippen LogP contribution in [0.4, 0.5) is 0 Å². The van der Waals surface area contributed by atoms with Crippen molar-refractivity contribution in [2.24, 2.45) is 11.0 Å². The summed E-state index contributed by atoms with van der Waals surface area (Å²) in [5.41, 5.74) is 4.83. The van der Waals surface area contributed by atoms with Gasteiger partial charge in [-0.1, -0.05) is 13.8 Å². The lowest BCUT2D eigenvalue weighted by molar-refractivity contribution is -0.906. The second-order valence-corrected chi connectivity index (χ2v) is 7.31. The van der Waals surface area contributed by atoms with Crippen molar-refractivity contribution in [1.29, 1.82) is 0 Å². The summed E-state index contributed by atoms with van der Waals surface area (Å²) in [5, 5.41) is 8.11. The standard InChI is InChI=1S/C19H30N4O2S/c1-15(2)14-25-18-6-4-17(5-7-18)16(3)21-22-19(26)20-8-9-23-10-12-24-13-11-23/h4-7,15H,8-14H2,1-3H3,(H2,20,22,26)/p+1/b21-16-. The largest absolute Gasteiger partial charge is 0.493 e. The number of morpholine rings is 1. The van der Waals surface area contributed by atoms with Crippen molar-refractivity contribution >= 4 is 23.0 Å². The highest BCUT2D eigenvalue weighted by Gasteiger charge is 2.12. The number of nitrogens with zero attached hydrogens (tertiary/aromatic N) is 1. The lowest BCUT2D eigenvalue weighted by Crippen LogP contribution is -3.14. The van der Waals surface area contributed by atoms with Crippen molar-refractivity contribution < 1.29 is 14.4 Å². The molecule has 1 heterocycles. The molecule has 3 N–H and O–H groups in total. The zero-order valence-corrected chi connectivity index (χ0v) is 16.8. The van der Waals surface area contributed by atoms with Gasteiger partial charge in [0.15, 0.2) is 5.11 Å². The van der Waals surface area contributed by atoms with Gasteiger partial charge >= 0.3 is 0 Å². The first-order valence-electron chi connectivity index (χ1n) is 9.27. The molecule has 1 aliphatic heterocycles. The Morgan fingerprint density at radius 2 is 1.96 bits per heavy atom. The van der Waals surface area contributed by atoms with Crippen LogP contribution in [0.5, 0.6) is 5.75 Å². The maximum atomic E-state index is 5.70. The molecule has 1 saturated heterocycles. The smallest absolute Gasteiger partial charge is 0.187 e. The maximum Gasteiger partial charge on any atom is 0.187 e. The first-order valence-corrected chi connectivity index (χ1v) is 9.68. The van der Waals surface area contributed by atoms with E-state index in [-0.39, 0.29) is 0 Å². The predicted octanol–water partition coefficient (Wildman–Crippen LogP) is 0.825. The van der Waals surface area contributed by atoms with Crippen molar-refractivity contribution in [1.82, 2.24) is 10.7 Å². The molecule has 7 heteroatoms. The van der Waals surface area contributed by atoms with Gasteiger partial charge in [-0.15, -0.1) is 0 Å². The van der Waals surface area contributed by atoms with E-state index in [9.17, 15) is 0 Å². The summed E-state index contributed by atoms with van der Waals surface area (Å²) in [4.78, 5) is 1.55. The van der Waals surface area contributed by atoms with E-state index >= 15 is 0 Å². The Balaban J connectivity index is 1.71. The molecular weight excluding hydrogens is 348 g/mol. The van der Waals surface area contributed by atoms with Crippen LogP contribution in [0.2, 0.25) is 0 Å². The van der Waals surface area contributed by atoms with E-state index in [1.165, 1.54) is 0 Å². The maximum absolute atomic E-state index is 5.70. The van der Waals surface area contributed by atoms with E-state index in [1.54, 1.807) is 4.90 Å². The highest BCUT2D eigenvalue weighted by atomic mass is 32.1. The molecule has 0 amide bonds. The number of thiocarbonyl (C=S) groups is 1. The highest BCUT2D eigenvalue weighted by molar-refractivity contribution is 7.80. The van der Waals surface area contributed by atoms with E-state index in [0.717, 1.165) is 63.0 Å². The van der Waals surface area contributed by atoms with Crippen molar-refractivity contribution in [3.05, 3.63) is 29.8 Å². The summed E-state index contributed by atoms with van der Waals surface area (Å²) in [5.74, 6) is 1.39. The number of quaternary nitrogens is 1. The number of hydrazone groups is 1. The SMILES string of the molecule is C/C(=N/NC(=S)NCC[NH+]1CCOCC1)c1ccc(OCC(C)C)cc1. The lowest BCUT2D eigenvalue weighted by Gasteiger charge is -2.23.